The van der Waals surface area contributed by atoms with E-state index < -0.39 is 0 Å². The number of carbonyl (C=O) groups is 1. The van der Waals surface area contributed by atoms with E-state index in [0.717, 1.165) is 28.4 Å². The van der Waals surface area contributed by atoms with Gasteiger partial charge in [0.15, 0.2) is 11.5 Å². The Bertz CT molecular complexity index is 702. The van der Waals surface area contributed by atoms with Gasteiger partial charge in [-0.05, 0) is 42.7 Å². The third kappa shape index (κ3) is 4.20. The molecule has 0 aromatic heterocycles. The first kappa shape index (κ1) is 15.7. The van der Waals surface area contributed by atoms with Crippen LogP contribution in [0.5, 0.6) is 11.5 Å². The van der Waals surface area contributed by atoms with E-state index in [1.807, 2.05) is 36.4 Å². The molecular formula is C18H19NO3S. The molecular weight excluding hydrogens is 310 g/mol. The average Bonchev–Trinajstić information content (AvgIpc) is 3.02. The maximum atomic E-state index is 11.9. The minimum Gasteiger partial charge on any atom is -0.454 e. The highest BCUT2D eigenvalue weighted by Gasteiger charge is 2.13. The van der Waals surface area contributed by atoms with Gasteiger partial charge in [-0.15, -0.1) is 11.8 Å². The van der Waals surface area contributed by atoms with E-state index in [0.29, 0.717) is 12.3 Å². The number of amides is 1. The Morgan fingerprint density at radius 1 is 1.17 bits per heavy atom. The van der Waals surface area contributed by atoms with Crippen molar-refractivity contribution in [1.82, 2.24) is 5.32 Å². The molecule has 5 heteroatoms. The molecule has 0 bridgehead atoms. The number of carbonyl (C=O) groups excluding carboxylic acids is 1. The van der Waals surface area contributed by atoms with Crippen LogP contribution in [0.25, 0.3) is 0 Å². The van der Waals surface area contributed by atoms with Crippen LogP contribution in [0.2, 0.25) is 0 Å². The standard InChI is InChI=1S/C18H19NO3S/c1-13-4-2-3-5-17(13)23-11-18(20)19-9-8-14-6-7-15-16(10-14)22-12-21-15/h2-7,10H,8-9,11-12H2,1H3,(H,19,20). The Balaban J connectivity index is 1.42. The van der Waals surface area contributed by atoms with Crippen LogP contribution in [0.3, 0.4) is 0 Å². The monoisotopic (exact) mass is 329 g/mol. The van der Waals surface area contributed by atoms with Gasteiger partial charge < -0.3 is 14.8 Å². The Hall–Kier alpha value is -2.14. The van der Waals surface area contributed by atoms with Crippen molar-refractivity contribution >= 4 is 17.7 Å². The van der Waals surface area contributed by atoms with Gasteiger partial charge in [0.2, 0.25) is 12.7 Å². The summed E-state index contributed by atoms with van der Waals surface area (Å²) in [6.45, 7) is 2.96. The predicted molar refractivity (Wildman–Crippen MR) is 91.2 cm³/mol. The zero-order valence-corrected chi connectivity index (χ0v) is 13.8. The summed E-state index contributed by atoms with van der Waals surface area (Å²) >= 11 is 1.57. The molecule has 0 atom stereocenters. The van der Waals surface area contributed by atoms with Gasteiger partial charge in [-0.1, -0.05) is 24.3 Å². The van der Waals surface area contributed by atoms with Crippen molar-refractivity contribution in [2.75, 3.05) is 19.1 Å². The summed E-state index contributed by atoms with van der Waals surface area (Å²) in [6.07, 6.45) is 0.775. The normalized spacial score (nSPS) is 12.2. The SMILES string of the molecule is Cc1ccccc1SCC(=O)NCCc1ccc2c(c1)OCO2. The second kappa shape index (κ2) is 7.42. The minimum atomic E-state index is 0.0546. The molecule has 0 saturated heterocycles. The molecule has 120 valence electrons. The first-order valence-corrected chi connectivity index (χ1v) is 8.54. The van der Waals surface area contributed by atoms with Crippen molar-refractivity contribution in [3.63, 3.8) is 0 Å². The van der Waals surface area contributed by atoms with Crippen LogP contribution in [-0.2, 0) is 11.2 Å². The minimum absolute atomic E-state index is 0.0546. The van der Waals surface area contributed by atoms with Gasteiger partial charge in [0.1, 0.15) is 0 Å². The fourth-order valence-corrected chi connectivity index (χ4v) is 3.21. The van der Waals surface area contributed by atoms with Gasteiger partial charge in [-0.3, -0.25) is 4.79 Å². The third-order valence-electron chi connectivity index (χ3n) is 3.63. The molecule has 3 rings (SSSR count). The lowest BCUT2D eigenvalue weighted by molar-refractivity contribution is -0.118. The van der Waals surface area contributed by atoms with Crippen molar-refractivity contribution in [2.24, 2.45) is 0 Å². The van der Waals surface area contributed by atoms with E-state index >= 15 is 0 Å². The van der Waals surface area contributed by atoms with Crippen molar-refractivity contribution in [3.05, 3.63) is 53.6 Å². The highest BCUT2D eigenvalue weighted by atomic mass is 32.2. The third-order valence-corrected chi connectivity index (χ3v) is 4.80. The van der Waals surface area contributed by atoms with Gasteiger partial charge in [0.25, 0.3) is 0 Å². The molecule has 1 N–H and O–H groups in total. The molecule has 1 amide bonds. The molecule has 0 fully saturated rings. The Morgan fingerprint density at radius 2 is 2.00 bits per heavy atom. The first-order chi connectivity index (χ1) is 11.2. The highest BCUT2D eigenvalue weighted by molar-refractivity contribution is 8.00. The number of aryl methyl sites for hydroxylation is 1. The number of hydrogen-bond donors (Lipinski definition) is 1. The van der Waals surface area contributed by atoms with E-state index in [9.17, 15) is 4.79 Å². The summed E-state index contributed by atoms with van der Waals surface area (Å²) in [5.41, 5.74) is 2.33. The van der Waals surface area contributed by atoms with Crippen molar-refractivity contribution in [2.45, 2.75) is 18.2 Å². The predicted octanol–water partition coefficient (Wildman–Crippen LogP) is 3.17. The number of hydrogen-bond acceptors (Lipinski definition) is 4. The fourth-order valence-electron chi connectivity index (χ4n) is 2.36. The van der Waals surface area contributed by atoms with Gasteiger partial charge in [0.05, 0.1) is 5.75 Å². The first-order valence-electron chi connectivity index (χ1n) is 7.56. The quantitative estimate of drug-likeness (QED) is 0.827. The molecule has 0 radical (unpaired) electrons. The summed E-state index contributed by atoms with van der Waals surface area (Å²) in [4.78, 5) is 13.1. The summed E-state index contributed by atoms with van der Waals surface area (Å²) in [6, 6.07) is 14.0. The molecule has 1 aliphatic heterocycles. The van der Waals surface area contributed by atoms with Gasteiger partial charge >= 0.3 is 0 Å². The number of rotatable bonds is 6. The maximum Gasteiger partial charge on any atom is 0.231 e. The molecule has 0 saturated carbocycles. The van der Waals surface area contributed by atoms with E-state index in [-0.39, 0.29) is 12.7 Å². The number of thioether (sulfide) groups is 1. The van der Waals surface area contributed by atoms with E-state index in [2.05, 4.69) is 18.3 Å². The number of ether oxygens (including phenoxy) is 2. The molecule has 1 heterocycles. The van der Waals surface area contributed by atoms with Crippen molar-refractivity contribution in [1.29, 1.82) is 0 Å². The zero-order valence-electron chi connectivity index (χ0n) is 13.0. The largest absolute Gasteiger partial charge is 0.454 e. The van der Waals surface area contributed by atoms with Crippen LogP contribution in [0.4, 0.5) is 0 Å². The number of fused-ring (bicyclic) bond motifs is 1. The topological polar surface area (TPSA) is 47.6 Å². The summed E-state index contributed by atoms with van der Waals surface area (Å²) in [7, 11) is 0. The number of nitrogens with one attached hydrogen (secondary N) is 1. The molecule has 23 heavy (non-hydrogen) atoms. The Morgan fingerprint density at radius 3 is 2.87 bits per heavy atom. The molecule has 0 spiro atoms. The van der Waals surface area contributed by atoms with Crippen LogP contribution in [0.1, 0.15) is 11.1 Å². The fraction of sp³-hybridized carbons (Fsp3) is 0.278. The smallest absolute Gasteiger partial charge is 0.231 e. The second-order valence-corrected chi connectivity index (χ2v) is 6.36. The molecule has 2 aromatic carbocycles. The van der Waals surface area contributed by atoms with Crippen LogP contribution < -0.4 is 14.8 Å². The van der Waals surface area contributed by atoms with Crippen LogP contribution in [0, 0.1) is 6.92 Å². The van der Waals surface area contributed by atoms with Crippen molar-refractivity contribution < 1.29 is 14.3 Å². The summed E-state index contributed by atoms with van der Waals surface area (Å²) in [5.74, 6) is 2.06. The van der Waals surface area contributed by atoms with Gasteiger partial charge in [0, 0.05) is 11.4 Å². The van der Waals surface area contributed by atoms with Gasteiger partial charge in [-0.2, -0.15) is 0 Å². The van der Waals surface area contributed by atoms with E-state index in [1.165, 1.54) is 5.56 Å². The molecule has 2 aromatic rings. The zero-order chi connectivity index (χ0) is 16.1. The van der Waals surface area contributed by atoms with Crippen LogP contribution in [0.15, 0.2) is 47.4 Å². The summed E-state index contributed by atoms with van der Waals surface area (Å²) in [5, 5.41) is 2.96. The lowest BCUT2D eigenvalue weighted by atomic mass is 10.1. The molecule has 0 unspecified atom stereocenters. The molecule has 1 aliphatic rings. The van der Waals surface area contributed by atoms with Crippen molar-refractivity contribution in [3.8, 4) is 11.5 Å². The van der Waals surface area contributed by atoms with Gasteiger partial charge in [-0.25, -0.2) is 0 Å². The summed E-state index contributed by atoms with van der Waals surface area (Å²) < 4.78 is 10.6. The van der Waals surface area contributed by atoms with Crippen LogP contribution in [-0.4, -0.2) is 25.0 Å². The maximum absolute atomic E-state index is 11.9. The molecule has 0 aliphatic carbocycles. The lowest BCUT2D eigenvalue weighted by Crippen LogP contribution is -2.27. The second-order valence-electron chi connectivity index (χ2n) is 5.34. The van der Waals surface area contributed by atoms with Crippen LogP contribution >= 0.6 is 11.8 Å². The highest BCUT2D eigenvalue weighted by Crippen LogP contribution is 2.32. The number of benzene rings is 2. The average molecular weight is 329 g/mol. The Kier molecular flexibility index (Phi) is 5.08. The van der Waals surface area contributed by atoms with E-state index in [1.54, 1.807) is 11.8 Å². The molecule has 4 nitrogen and oxygen atoms in total. The Labute approximate surface area is 140 Å². The lowest BCUT2D eigenvalue weighted by Gasteiger charge is -2.07. The van der Waals surface area contributed by atoms with E-state index in [4.69, 9.17) is 9.47 Å².